The molecular formula is C24H31N3O3. The molecule has 30 heavy (non-hydrogen) atoms. The Kier molecular flexibility index (Phi) is 8.27. The third-order valence-corrected chi connectivity index (χ3v) is 5.12. The van der Waals surface area contributed by atoms with Crippen LogP contribution in [0.5, 0.6) is 11.5 Å². The predicted molar refractivity (Wildman–Crippen MR) is 118 cm³/mol. The third kappa shape index (κ3) is 6.59. The normalized spacial score (nSPS) is 15.3. The summed E-state index contributed by atoms with van der Waals surface area (Å²) in [5, 5.41) is 3.12. The molecule has 1 aliphatic rings. The molecule has 1 aromatic carbocycles. The highest BCUT2D eigenvalue weighted by Gasteiger charge is 2.20. The van der Waals surface area contributed by atoms with Crippen LogP contribution >= 0.6 is 0 Å². The first-order valence-corrected chi connectivity index (χ1v) is 10.6. The van der Waals surface area contributed by atoms with Crippen LogP contribution in [-0.4, -0.2) is 48.6 Å². The fourth-order valence-corrected chi connectivity index (χ4v) is 3.50. The van der Waals surface area contributed by atoms with Crippen LogP contribution in [0.2, 0.25) is 0 Å². The summed E-state index contributed by atoms with van der Waals surface area (Å²) in [6.45, 7) is 5.49. The number of nitrogens with zero attached hydrogens (tertiary/aromatic N) is 2. The van der Waals surface area contributed by atoms with Gasteiger partial charge in [0.1, 0.15) is 0 Å². The van der Waals surface area contributed by atoms with E-state index in [1.165, 1.54) is 0 Å². The average Bonchev–Trinajstić information content (AvgIpc) is 2.78. The Morgan fingerprint density at radius 2 is 2.07 bits per heavy atom. The number of ether oxygens (including phenoxy) is 2. The fourth-order valence-electron chi connectivity index (χ4n) is 3.50. The minimum atomic E-state index is -0.0662. The van der Waals surface area contributed by atoms with E-state index < -0.39 is 0 Å². The molecule has 6 heteroatoms. The van der Waals surface area contributed by atoms with E-state index in [0.717, 1.165) is 55.9 Å². The number of hydrogen-bond acceptors (Lipinski definition) is 5. The van der Waals surface area contributed by atoms with Crippen molar-refractivity contribution in [2.24, 2.45) is 0 Å². The Hall–Kier alpha value is -2.86. The quantitative estimate of drug-likeness (QED) is 0.640. The van der Waals surface area contributed by atoms with Gasteiger partial charge in [-0.15, -0.1) is 0 Å². The van der Waals surface area contributed by atoms with Crippen molar-refractivity contribution in [3.63, 3.8) is 0 Å². The van der Waals surface area contributed by atoms with Gasteiger partial charge < -0.3 is 14.8 Å². The van der Waals surface area contributed by atoms with Crippen molar-refractivity contribution in [3.8, 4) is 11.5 Å². The number of likely N-dealkylation sites (tertiary alicyclic amines) is 1. The van der Waals surface area contributed by atoms with E-state index in [-0.39, 0.29) is 11.9 Å². The molecule has 0 atom stereocenters. The van der Waals surface area contributed by atoms with Crippen LogP contribution in [0.1, 0.15) is 37.4 Å². The van der Waals surface area contributed by atoms with E-state index in [0.29, 0.717) is 12.4 Å². The number of methoxy groups -OCH3 is 1. The number of benzene rings is 1. The number of amides is 1. The molecule has 2 heterocycles. The molecule has 1 N–H and O–H groups in total. The Balaban J connectivity index is 1.46. The van der Waals surface area contributed by atoms with Gasteiger partial charge in [0.2, 0.25) is 5.91 Å². The predicted octanol–water partition coefficient (Wildman–Crippen LogP) is 3.67. The summed E-state index contributed by atoms with van der Waals surface area (Å²) in [6.07, 6.45) is 8.05. The molecule has 1 fully saturated rings. The molecule has 0 aliphatic carbocycles. The van der Waals surface area contributed by atoms with Gasteiger partial charge >= 0.3 is 0 Å². The number of carbonyl (C=O) groups is 1. The summed E-state index contributed by atoms with van der Waals surface area (Å²) in [5.41, 5.74) is 1.99. The van der Waals surface area contributed by atoms with Gasteiger partial charge in [0.15, 0.2) is 11.5 Å². The summed E-state index contributed by atoms with van der Waals surface area (Å²) in [4.78, 5) is 19.1. The first-order chi connectivity index (χ1) is 14.7. The molecule has 0 saturated carbocycles. The number of rotatable bonds is 9. The second-order valence-corrected chi connectivity index (χ2v) is 7.47. The van der Waals surface area contributed by atoms with Crippen LogP contribution < -0.4 is 14.8 Å². The molecule has 0 unspecified atom stereocenters. The van der Waals surface area contributed by atoms with Crippen molar-refractivity contribution in [1.29, 1.82) is 0 Å². The zero-order valence-electron chi connectivity index (χ0n) is 17.8. The average molecular weight is 410 g/mol. The summed E-state index contributed by atoms with van der Waals surface area (Å²) in [5.74, 6) is 1.33. The van der Waals surface area contributed by atoms with E-state index in [1.807, 2.05) is 36.5 Å². The maximum atomic E-state index is 12.3. The van der Waals surface area contributed by atoms with Crippen LogP contribution in [0.25, 0.3) is 6.08 Å². The topological polar surface area (TPSA) is 63.7 Å². The van der Waals surface area contributed by atoms with E-state index in [4.69, 9.17) is 9.47 Å². The third-order valence-electron chi connectivity index (χ3n) is 5.12. The molecular weight excluding hydrogens is 378 g/mol. The number of hydrogen-bond donors (Lipinski definition) is 1. The molecule has 0 radical (unpaired) electrons. The van der Waals surface area contributed by atoms with Gasteiger partial charge in [-0.25, -0.2) is 0 Å². The zero-order valence-corrected chi connectivity index (χ0v) is 17.8. The number of piperidine rings is 1. The summed E-state index contributed by atoms with van der Waals surface area (Å²) >= 11 is 0. The Morgan fingerprint density at radius 1 is 1.23 bits per heavy atom. The Labute approximate surface area is 178 Å². The summed E-state index contributed by atoms with van der Waals surface area (Å²) in [6, 6.07) is 11.9. The lowest BCUT2D eigenvalue weighted by Crippen LogP contribution is -2.43. The van der Waals surface area contributed by atoms with Crippen molar-refractivity contribution in [3.05, 3.63) is 59.9 Å². The molecule has 0 spiro atoms. The fraction of sp³-hybridized carbons (Fsp3) is 0.417. The van der Waals surface area contributed by atoms with E-state index in [9.17, 15) is 4.79 Å². The lowest BCUT2D eigenvalue weighted by Gasteiger charge is -2.31. The monoisotopic (exact) mass is 409 g/mol. The van der Waals surface area contributed by atoms with Crippen LogP contribution in [-0.2, 0) is 11.3 Å². The highest BCUT2D eigenvalue weighted by molar-refractivity contribution is 5.92. The smallest absolute Gasteiger partial charge is 0.244 e. The zero-order chi connectivity index (χ0) is 21.2. The van der Waals surface area contributed by atoms with E-state index in [2.05, 4.69) is 28.2 Å². The Bertz CT molecular complexity index is 831. The highest BCUT2D eigenvalue weighted by Crippen LogP contribution is 2.28. The second-order valence-electron chi connectivity index (χ2n) is 7.47. The van der Waals surface area contributed by atoms with Gasteiger partial charge in [-0.3, -0.25) is 14.7 Å². The number of pyridine rings is 1. The second kappa shape index (κ2) is 11.4. The number of carbonyl (C=O) groups excluding carboxylic acids is 1. The Morgan fingerprint density at radius 3 is 2.77 bits per heavy atom. The SMILES string of the molecule is CCCOc1ccc(C=CC(=O)NC2CCN(Cc3ccccn3)CC2)cc1OC. The standard InChI is InChI=1S/C24H31N3O3/c1-3-16-30-22-9-7-19(17-23(22)29-2)8-10-24(28)26-20-11-14-27(15-12-20)18-21-6-4-5-13-25-21/h4-10,13,17,20H,3,11-12,14-16,18H2,1-2H3,(H,26,28). The lowest BCUT2D eigenvalue weighted by atomic mass is 10.0. The van der Waals surface area contributed by atoms with Crippen molar-refractivity contribution >= 4 is 12.0 Å². The van der Waals surface area contributed by atoms with Crippen LogP contribution in [0.15, 0.2) is 48.7 Å². The largest absolute Gasteiger partial charge is 0.493 e. The molecule has 0 bridgehead atoms. The first-order valence-electron chi connectivity index (χ1n) is 10.6. The van der Waals surface area contributed by atoms with Crippen molar-refractivity contribution < 1.29 is 14.3 Å². The molecule has 1 aliphatic heterocycles. The van der Waals surface area contributed by atoms with Crippen molar-refractivity contribution in [2.45, 2.75) is 38.8 Å². The van der Waals surface area contributed by atoms with Crippen molar-refractivity contribution in [2.75, 3.05) is 26.8 Å². The van der Waals surface area contributed by atoms with Crippen LogP contribution in [0.3, 0.4) is 0 Å². The van der Waals surface area contributed by atoms with E-state index >= 15 is 0 Å². The molecule has 1 aromatic heterocycles. The maximum Gasteiger partial charge on any atom is 0.244 e. The van der Waals surface area contributed by atoms with E-state index in [1.54, 1.807) is 19.3 Å². The highest BCUT2D eigenvalue weighted by atomic mass is 16.5. The minimum absolute atomic E-state index is 0.0662. The van der Waals surface area contributed by atoms with Crippen LogP contribution in [0, 0.1) is 0 Å². The van der Waals surface area contributed by atoms with Gasteiger partial charge in [-0.2, -0.15) is 0 Å². The van der Waals surface area contributed by atoms with Crippen molar-refractivity contribution in [1.82, 2.24) is 15.2 Å². The number of aromatic nitrogens is 1. The molecule has 3 rings (SSSR count). The molecule has 1 saturated heterocycles. The molecule has 1 amide bonds. The lowest BCUT2D eigenvalue weighted by molar-refractivity contribution is -0.117. The van der Waals surface area contributed by atoms with Gasteiger partial charge in [0, 0.05) is 37.9 Å². The summed E-state index contributed by atoms with van der Waals surface area (Å²) < 4.78 is 11.1. The first kappa shape index (κ1) is 21.8. The molecule has 6 nitrogen and oxygen atoms in total. The van der Waals surface area contributed by atoms with Crippen LogP contribution in [0.4, 0.5) is 0 Å². The molecule has 160 valence electrons. The van der Waals surface area contributed by atoms with Gasteiger partial charge in [0.25, 0.3) is 0 Å². The van der Waals surface area contributed by atoms with Gasteiger partial charge in [-0.1, -0.05) is 19.1 Å². The molecule has 2 aromatic rings. The van der Waals surface area contributed by atoms with Gasteiger partial charge in [0.05, 0.1) is 19.4 Å². The maximum absolute atomic E-state index is 12.3. The minimum Gasteiger partial charge on any atom is -0.493 e. The summed E-state index contributed by atoms with van der Waals surface area (Å²) in [7, 11) is 1.62. The number of nitrogens with one attached hydrogen (secondary N) is 1. The van der Waals surface area contributed by atoms with Gasteiger partial charge in [-0.05, 0) is 55.2 Å².